The molecule has 2 amide bonds. The fraction of sp³-hybridized carbons (Fsp3) is 0.933. The molecule has 2 atom stereocenters. The number of carbonyl (C=O) groups excluding carboxylic acids is 1. The molecule has 3 aliphatic rings. The van der Waals surface area contributed by atoms with E-state index in [2.05, 4.69) is 10.2 Å². The number of urea groups is 1. The number of amides is 2. The van der Waals surface area contributed by atoms with Crippen LogP contribution in [0.4, 0.5) is 4.79 Å². The number of rotatable bonds is 2. The average Bonchev–Trinajstić information content (AvgIpc) is 2.91. The number of aliphatic hydroxyl groups is 1. The topological polar surface area (TPSA) is 55.8 Å². The second-order valence-corrected chi connectivity index (χ2v) is 6.56. The van der Waals surface area contributed by atoms with Gasteiger partial charge in [-0.15, -0.1) is 0 Å². The molecule has 0 aromatic carbocycles. The van der Waals surface area contributed by atoms with Crippen molar-refractivity contribution in [1.29, 1.82) is 0 Å². The molecule has 2 unspecified atom stereocenters. The van der Waals surface area contributed by atoms with Crippen molar-refractivity contribution in [3.63, 3.8) is 0 Å². The molecule has 5 heteroatoms. The van der Waals surface area contributed by atoms with Gasteiger partial charge in [0.1, 0.15) is 0 Å². The van der Waals surface area contributed by atoms with E-state index in [4.69, 9.17) is 5.11 Å². The smallest absolute Gasteiger partial charge is 0.317 e. The van der Waals surface area contributed by atoms with Crippen LogP contribution in [0.1, 0.15) is 38.5 Å². The molecule has 0 saturated carbocycles. The highest BCUT2D eigenvalue weighted by Crippen LogP contribution is 2.27. The van der Waals surface area contributed by atoms with Crippen molar-refractivity contribution in [2.45, 2.75) is 50.6 Å². The highest BCUT2D eigenvalue weighted by molar-refractivity contribution is 5.74. The molecule has 3 heterocycles. The Labute approximate surface area is 121 Å². The third kappa shape index (κ3) is 2.93. The number of carbonyl (C=O) groups is 1. The summed E-state index contributed by atoms with van der Waals surface area (Å²) in [5, 5.41) is 12.4. The molecule has 0 radical (unpaired) electrons. The lowest BCUT2D eigenvalue weighted by Crippen LogP contribution is -2.52. The monoisotopic (exact) mass is 281 g/mol. The quantitative estimate of drug-likeness (QED) is 0.795. The van der Waals surface area contributed by atoms with Crippen molar-refractivity contribution >= 4 is 6.03 Å². The van der Waals surface area contributed by atoms with Crippen LogP contribution in [-0.4, -0.2) is 65.8 Å². The number of aliphatic hydroxyl groups excluding tert-OH is 1. The van der Waals surface area contributed by atoms with Gasteiger partial charge in [-0.1, -0.05) is 6.42 Å². The summed E-state index contributed by atoms with van der Waals surface area (Å²) in [7, 11) is 0. The highest BCUT2D eigenvalue weighted by atomic mass is 16.3. The molecule has 3 saturated heterocycles. The first-order valence-electron chi connectivity index (χ1n) is 8.18. The third-order valence-electron chi connectivity index (χ3n) is 5.32. The van der Waals surface area contributed by atoms with Gasteiger partial charge in [0.2, 0.25) is 0 Å². The van der Waals surface area contributed by atoms with Gasteiger partial charge in [0, 0.05) is 38.3 Å². The molecule has 0 bridgehead atoms. The minimum Gasteiger partial charge on any atom is -0.396 e. The zero-order chi connectivity index (χ0) is 13.9. The summed E-state index contributed by atoms with van der Waals surface area (Å²) in [6.07, 6.45) is 6.82. The van der Waals surface area contributed by atoms with E-state index < -0.39 is 0 Å². The molecule has 114 valence electrons. The fourth-order valence-electron chi connectivity index (χ4n) is 3.98. The van der Waals surface area contributed by atoms with Gasteiger partial charge in [0.15, 0.2) is 0 Å². The van der Waals surface area contributed by atoms with Crippen molar-refractivity contribution in [1.82, 2.24) is 15.1 Å². The van der Waals surface area contributed by atoms with Crippen LogP contribution in [-0.2, 0) is 0 Å². The van der Waals surface area contributed by atoms with Gasteiger partial charge in [-0.25, -0.2) is 4.79 Å². The lowest BCUT2D eigenvalue weighted by Gasteiger charge is -2.35. The number of fused-ring (bicyclic) bond motifs is 1. The molecule has 2 N–H and O–H groups in total. The average molecular weight is 281 g/mol. The Morgan fingerprint density at radius 2 is 1.85 bits per heavy atom. The molecule has 0 spiro atoms. The number of hydrogen-bond donors (Lipinski definition) is 2. The molecule has 3 aliphatic heterocycles. The van der Waals surface area contributed by atoms with Gasteiger partial charge in [-0.3, -0.25) is 4.90 Å². The van der Waals surface area contributed by atoms with E-state index in [-0.39, 0.29) is 12.6 Å². The van der Waals surface area contributed by atoms with E-state index in [0.717, 1.165) is 38.9 Å². The summed E-state index contributed by atoms with van der Waals surface area (Å²) in [6, 6.07) is 1.03. The molecule has 5 nitrogen and oxygen atoms in total. The van der Waals surface area contributed by atoms with Gasteiger partial charge in [0.05, 0.1) is 0 Å². The predicted molar refractivity (Wildman–Crippen MR) is 77.5 cm³/mol. The third-order valence-corrected chi connectivity index (χ3v) is 5.32. The van der Waals surface area contributed by atoms with Gasteiger partial charge in [-0.2, -0.15) is 0 Å². The second-order valence-electron chi connectivity index (χ2n) is 6.56. The molecule has 0 aliphatic carbocycles. The lowest BCUT2D eigenvalue weighted by atomic mass is 9.97. The first kappa shape index (κ1) is 14.1. The van der Waals surface area contributed by atoms with Gasteiger partial charge in [-0.05, 0) is 44.6 Å². The van der Waals surface area contributed by atoms with Gasteiger partial charge < -0.3 is 15.3 Å². The molecule has 3 rings (SSSR count). The number of nitrogens with zero attached hydrogens (tertiary/aromatic N) is 2. The van der Waals surface area contributed by atoms with Crippen LogP contribution in [0.3, 0.4) is 0 Å². The van der Waals surface area contributed by atoms with Crippen LogP contribution in [0.2, 0.25) is 0 Å². The maximum Gasteiger partial charge on any atom is 0.317 e. The Kier molecular flexibility index (Phi) is 4.46. The van der Waals surface area contributed by atoms with Crippen LogP contribution in [0.25, 0.3) is 0 Å². The predicted octanol–water partition coefficient (Wildman–Crippen LogP) is 1.03. The van der Waals surface area contributed by atoms with Crippen molar-refractivity contribution < 1.29 is 9.90 Å². The van der Waals surface area contributed by atoms with Crippen LogP contribution in [0, 0.1) is 5.92 Å². The normalized spacial score (nSPS) is 32.1. The van der Waals surface area contributed by atoms with Gasteiger partial charge in [0.25, 0.3) is 0 Å². The minimum absolute atomic E-state index is 0.110. The van der Waals surface area contributed by atoms with Crippen LogP contribution in [0.5, 0.6) is 0 Å². The second kappa shape index (κ2) is 6.31. The molecule has 0 aromatic rings. The Bertz CT molecular complexity index is 342. The molecule has 20 heavy (non-hydrogen) atoms. The summed E-state index contributed by atoms with van der Waals surface area (Å²) < 4.78 is 0. The van der Waals surface area contributed by atoms with Gasteiger partial charge >= 0.3 is 6.03 Å². The van der Waals surface area contributed by atoms with Crippen molar-refractivity contribution in [3.05, 3.63) is 0 Å². The summed E-state index contributed by atoms with van der Waals surface area (Å²) in [5.74, 6) is 0.388. The Hall–Kier alpha value is -0.810. The Morgan fingerprint density at radius 1 is 1.05 bits per heavy atom. The Morgan fingerprint density at radius 3 is 2.60 bits per heavy atom. The first-order valence-corrected chi connectivity index (χ1v) is 8.18. The van der Waals surface area contributed by atoms with Crippen LogP contribution in [0.15, 0.2) is 0 Å². The van der Waals surface area contributed by atoms with E-state index in [1.54, 1.807) is 0 Å². The van der Waals surface area contributed by atoms with Crippen molar-refractivity contribution in [2.24, 2.45) is 5.92 Å². The summed E-state index contributed by atoms with van der Waals surface area (Å²) >= 11 is 0. The number of piperidine rings is 2. The van der Waals surface area contributed by atoms with E-state index in [0.29, 0.717) is 18.0 Å². The Balaban J connectivity index is 1.49. The maximum absolute atomic E-state index is 12.4. The minimum atomic E-state index is 0.110. The number of hydrogen-bond acceptors (Lipinski definition) is 3. The number of likely N-dealkylation sites (tertiary alicyclic amines) is 1. The zero-order valence-corrected chi connectivity index (χ0v) is 12.3. The van der Waals surface area contributed by atoms with E-state index in [1.165, 1.54) is 25.8 Å². The molecule has 3 fully saturated rings. The highest BCUT2D eigenvalue weighted by Gasteiger charge is 2.37. The van der Waals surface area contributed by atoms with Crippen LogP contribution >= 0.6 is 0 Å². The first-order chi connectivity index (χ1) is 9.78. The van der Waals surface area contributed by atoms with E-state index in [1.807, 2.05) is 4.90 Å². The van der Waals surface area contributed by atoms with Crippen molar-refractivity contribution in [3.8, 4) is 0 Å². The fourth-order valence-corrected chi connectivity index (χ4v) is 3.98. The lowest BCUT2D eigenvalue weighted by molar-refractivity contribution is 0.131. The molecular formula is C15H27N3O2. The largest absolute Gasteiger partial charge is 0.396 e. The zero-order valence-electron chi connectivity index (χ0n) is 12.3. The van der Waals surface area contributed by atoms with E-state index in [9.17, 15) is 4.79 Å². The summed E-state index contributed by atoms with van der Waals surface area (Å²) in [4.78, 5) is 16.8. The maximum atomic E-state index is 12.4. The summed E-state index contributed by atoms with van der Waals surface area (Å²) in [6.45, 7) is 4.19. The molecule has 0 aromatic heterocycles. The standard InChI is InChI=1S/C15H27N3O2/c19-11-12-4-8-18(9-5-12)15(20)16-13-6-10-17-7-2-1-3-14(13)17/h12-14,19H,1-11H2,(H,16,20). The number of nitrogens with one attached hydrogen (secondary N) is 1. The van der Waals surface area contributed by atoms with Crippen LogP contribution < -0.4 is 5.32 Å². The van der Waals surface area contributed by atoms with E-state index >= 15 is 0 Å². The van der Waals surface area contributed by atoms with Crippen molar-refractivity contribution in [2.75, 3.05) is 32.8 Å². The molecular weight excluding hydrogens is 254 g/mol. The SMILES string of the molecule is O=C(NC1CCN2CCCCC12)N1CCC(CO)CC1. The summed E-state index contributed by atoms with van der Waals surface area (Å²) in [5.41, 5.74) is 0.